The molecule has 0 unspecified atom stereocenters. The first kappa shape index (κ1) is 12.0. The first-order valence-electron chi connectivity index (χ1n) is 5.60. The molecular formula is C12H16N4S. The number of nitrogens with one attached hydrogen (secondary N) is 1. The third kappa shape index (κ3) is 3.23. The van der Waals surface area contributed by atoms with Crippen LogP contribution in [-0.4, -0.2) is 21.5 Å². The molecule has 2 aromatic heterocycles. The van der Waals surface area contributed by atoms with Gasteiger partial charge < -0.3 is 5.32 Å². The Balaban J connectivity index is 1.89. The van der Waals surface area contributed by atoms with Gasteiger partial charge in [-0.2, -0.15) is 0 Å². The number of hydrogen-bond donors (Lipinski definition) is 1. The largest absolute Gasteiger partial charge is 0.368 e. The Labute approximate surface area is 105 Å². The molecule has 0 amide bonds. The minimum absolute atomic E-state index is 0.837. The zero-order chi connectivity index (χ0) is 12.3. The number of hydrogen-bond acceptors (Lipinski definition) is 5. The Hall–Kier alpha value is -1.49. The first-order valence-corrected chi connectivity index (χ1v) is 6.42. The van der Waals surface area contributed by atoms with Crippen LogP contribution in [0.5, 0.6) is 0 Å². The van der Waals surface area contributed by atoms with E-state index in [2.05, 4.69) is 27.2 Å². The molecular weight excluding hydrogens is 232 g/mol. The van der Waals surface area contributed by atoms with Crippen molar-refractivity contribution in [1.29, 1.82) is 0 Å². The van der Waals surface area contributed by atoms with Crippen LogP contribution < -0.4 is 5.32 Å². The van der Waals surface area contributed by atoms with E-state index in [4.69, 9.17) is 0 Å². The minimum Gasteiger partial charge on any atom is -0.368 e. The van der Waals surface area contributed by atoms with Crippen molar-refractivity contribution in [3.8, 4) is 0 Å². The summed E-state index contributed by atoms with van der Waals surface area (Å²) in [5.74, 6) is 0.837. The molecule has 0 radical (unpaired) electrons. The van der Waals surface area contributed by atoms with E-state index in [1.165, 1.54) is 4.88 Å². The van der Waals surface area contributed by atoms with Gasteiger partial charge >= 0.3 is 0 Å². The molecule has 0 saturated carbocycles. The number of anilines is 1. The van der Waals surface area contributed by atoms with E-state index in [0.717, 1.165) is 35.2 Å². The second-order valence-corrected chi connectivity index (χ2v) is 5.25. The lowest BCUT2D eigenvalue weighted by Crippen LogP contribution is -2.06. The number of aromatic nitrogens is 3. The summed E-state index contributed by atoms with van der Waals surface area (Å²) in [7, 11) is 0. The third-order valence-corrected chi connectivity index (χ3v) is 3.55. The molecule has 4 nitrogen and oxygen atoms in total. The molecule has 0 aromatic carbocycles. The zero-order valence-corrected chi connectivity index (χ0v) is 11.1. The summed E-state index contributed by atoms with van der Waals surface area (Å²) in [4.78, 5) is 14.2. The van der Waals surface area contributed by atoms with Crippen molar-refractivity contribution in [1.82, 2.24) is 15.0 Å². The summed E-state index contributed by atoms with van der Waals surface area (Å²) in [6.07, 6.45) is 4.48. The lowest BCUT2D eigenvalue weighted by Gasteiger charge is -2.04. The van der Waals surface area contributed by atoms with E-state index >= 15 is 0 Å². The summed E-state index contributed by atoms with van der Waals surface area (Å²) in [5, 5.41) is 4.41. The fourth-order valence-electron chi connectivity index (χ4n) is 1.66. The van der Waals surface area contributed by atoms with Crippen LogP contribution in [0.3, 0.4) is 0 Å². The second kappa shape index (κ2) is 5.23. The Bertz CT molecular complexity index is 507. The molecule has 2 aromatic rings. The topological polar surface area (TPSA) is 50.7 Å². The van der Waals surface area contributed by atoms with Crippen molar-refractivity contribution in [2.24, 2.45) is 0 Å². The molecule has 0 saturated heterocycles. The fourth-order valence-corrected chi connectivity index (χ4v) is 2.59. The number of nitrogens with zero attached hydrogens (tertiary/aromatic N) is 3. The third-order valence-electron chi connectivity index (χ3n) is 2.41. The van der Waals surface area contributed by atoms with Crippen LogP contribution in [-0.2, 0) is 6.42 Å². The molecule has 0 spiro atoms. The van der Waals surface area contributed by atoms with E-state index in [0.29, 0.717) is 0 Å². The molecule has 2 heterocycles. The van der Waals surface area contributed by atoms with Crippen molar-refractivity contribution in [3.05, 3.63) is 33.7 Å². The van der Waals surface area contributed by atoms with Crippen LogP contribution in [0.15, 0.2) is 12.4 Å². The quantitative estimate of drug-likeness (QED) is 0.903. The van der Waals surface area contributed by atoms with Gasteiger partial charge in [-0.15, -0.1) is 11.3 Å². The average molecular weight is 248 g/mol. The molecule has 5 heteroatoms. The number of aryl methyl sites for hydroxylation is 3. The van der Waals surface area contributed by atoms with Gasteiger partial charge in [0.2, 0.25) is 0 Å². The first-order chi connectivity index (χ1) is 8.15. The van der Waals surface area contributed by atoms with E-state index in [9.17, 15) is 0 Å². The van der Waals surface area contributed by atoms with E-state index < -0.39 is 0 Å². The van der Waals surface area contributed by atoms with Crippen LogP contribution in [0.4, 0.5) is 5.82 Å². The summed E-state index contributed by atoms with van der Waals surface area (Å²) in [5.41, 5.74) is 2.07. The highest BCUT2D eigenvalue weighted by Gasteiger charge is 2.04. The highest BCUT2D eigenvalue weighted by atomic mass is 32.1. The normalized spacial score (nSPS) is 10.5. The maximum Gasteiger partial charge on any atom is 0.144 e. The SMILES string of the molecule is Cc1cncc(NCCc2sc(C)nc2C)n1. The molecule has 0 atom stereocenters. The van der Waals surface area contributed by atoms with Crippen LogP contribution in [0.2, 0.25) is 0 Å². The fraction of sp³-hybridized carbons (Fsp3) is 0.417. The molecule has 90 valence electrons. The maximum atomic E-state index is 4.41. The summed E-state index contributed by atoms with van der Waals surface area (Å²) in [6, 6.07) is 0. The number of rotatable bonds is 4. The summed E-state index contributed by atoms with van der Waals surface area (Å²) >= 11 is 1.77. The van der Waals surface area contributed by atoms with Gasteiger partial charge in [0.05, 0.1) is 22.6 Å². The van der Waals surface area contributed by atoms with Crippen molar-refractivity contribution in [2.75, 3.05) is 11.9 Å². The van der Waals surface area contributed by atoms with E-state index in [1.807, 2.05) is 13.8 Å². The van der Waals surface area contributed by atoms with Crippen molar-refractivity contribution in [3.63, 3.8) is 0 Å². The zero-order valence-electron chi connectivity index (χ0n) is 10.3. The molecule has 0 bridgehead atoms. The highest BCUT2D eigenvalue weighted by molar-refractivity contribution is 7.11. The Morgan fingerprint density at radius 2 is 2.00 bits per heavy atom. The smallest absolute Gasteiger partial charge is 0.144 e. The molecule has 17 heavy (non-hydrogen) atoms. The molecule has 1 N–H and O–H groups in total. The molecule has 0 aliphatic rings. The number of thiazole rings is 1. The van der Waals surface area contributed by atoms with Crippen LogP contribution in [0, 0.1) is 20.8 Å². The second-order valence-electron chi connectivity index (χ2n) is 3.96. The van der Waals surface area contributed by atoms with Gasteiger partial charge in [-0.1, -0.05) is 0 Å². The summed E-state index contributed by atoms with van der Waals surface area (Å²) < 4.78 is 0. The highest BCUT2D eigenvalue weighted by Crippen LogP contribution is 2.17. The lowest BCUT2D eigenvalue weighted by atomic mass is 10.3. The molecule has 2 rings (SSSR count). The summed E-state index contributed by atoms with van der Waals surface area (Å²) in [6.45, 7) is 6.90. The van der Waals surface area contributed by atoms with Gasteiger partial charge in [0.1, 0.15) is 5.82 Å². The predicted molar refractivity (Wildman–Crippen MR) is 70.6 cm³/mol. The minimum atomic E-state index is 0.837. The standard InChI is InChI=1S/C12H16N4S/c1-8-6-13-7-12(15-8)14-5-4-11-9(2)16-10(3)17-11/h6-7H,4-5H2,1-3H3,(H,14,15). The van der Waals surface area contributed by atoms with Crippen molar-refractivity contribution in [2.45, 2.75) is 27.2 Å². The van der Waals surface area contributed by atoms with Gasteiger partial charge in [0.15, 0.2) is 0 Å². The lowest BCUT2D eigenvalue weighted by molar-refractivity contribution is 0.989. The average Bonchev–Trinajstić information content (AvgIpc) is 2.58. The van der Waals surface area contributed by atoms with Gasteiger partial charge in [-0.25, -0.2) is 9.97 Å². The van der Waals surface area contributed by atoms with Gasteiger partial charge in [-0.3, -0.25) is 4.98 Å². The Morgan fingerprint density at radius 1 is 1.18 bits per heavy atom. The molecule has 0 aliphatic carbocycles. The predicted octanol–water partition coefficient (Wildman–Crippen LogP) is 2.51. The van der Waals surface area contributed by atoms with Gasteiger partial charge in [0.25, 0.3) is 0 Å². The van der Waals surface area contributed by atoms with Crippen LogP contribution >= 0.6 is 11.3 Å². The van der Waals surface area contributed by atoms with Crippen molar-refractivity contribution >= 4 is 17.2 Å². The van der Waals surface area contributed by atoms with Crippen LogP contribution in [0.1, 0.15) is 21.3 Å². The Morgan fingerprint density at radius 3 is 2.65 bits per heavy atom. The molecule has 0 aliphatic heterocycles. The van der Waals surface area contributed by atoms with Crippen LogP contribution in [0.25, 0.3) is 0 Å². The maximum absolute atomic E-state index is 4.41. The van der Waals surface area contributed by atoms with Crippen molar-refractivity contribution < 1.29 is 0 Å². The monoisotopic (exact) mass is 248 g/mol. The van der Waals surface area contributed by atoms with Gasteiger partial charge in [0, 0.05) is 24.0 Å². The Kier molecular flexibility index (Phi) is 3.68. The van der Waals surface area contributed by atoms with E-state index in [1.54, 1.807) is 23.7 Å². The van der Waals surface area contributed by atoms with E-state index in [-0.39, 0.29) is 0 Å². The van der Waals surface area contributed by atoms with Gasteiger partial charge in [-0.05, 0) is 20.8 Å². The molecule has 0 fully saturated rings.